The van der Waals surface area contributed by atoms with Crippen molar-refractivity contribution in [3.63, 3.8) is 0 Å². The third-order valence-corrected chi connectivity index (χ3v) is 5.69. The second-order valence-electron chi connectivity index (χ2n) is 7.12. The Morgan fingerprint density at radius 2 is 1.15 bits per heavy atom. The molecule has 1 aliphatic carbocycles. The number of rotatable bonds is 3. The summed E-state index contributed by atoms with van der Waals surface area (Å²) in [6.45, 7) is 5.02. The number of nitrogens with zero attached hydrogens (tertiary/aromatic N) is 2. The van der Waals surface area contributed by atoms with Gasteiger partial charge in [-0.2, -0.15) is 0 Å². The van der Waals surface area contributed by atoms with Crippen molar-refractivity contribution >= 4 is 0 Å². The summed E-state index contributed by atoms with van der Waals surface area (Å²) < 4.78 is 0. The lowest BCUT2D eigenvalue weighted by Crippen LogP contribution is -2.58. The van der Waals surface area contributed by atoms with Crippen LogP contribution < -0.4 is 0 Å². The van der Waals surface area contributed by atoms with E-state index in [1.165, 1.54) is 84.0 Å². The molecule has 1 N–H and O–H groups in total. The van der Waals surface area contributed by atoms with Crippen LogP contribution in [0.15, 0.2) is 0 Å². The third-order valence-electron chi connectivity index (χ3n) is 5.69. The zero-order valence-corrected chi connectivity index (χ0v) is 13.0. The normalized spacial score (nSPS) is 34.5. The van der Waals surface area contributed by atoms with Crippen LogP contribution in [0.3, 0.4) is 0 Å². The van der Waals surface area contributed by atoms with Crippen LogP contribution in [0.1, 0.15) is 64.2 Å². The van der Waals surface area contributed by atoms with Gasteiger partial charge < -0.3 is 5.11 Å². The molecule has 0 aromatic carbocycles. The van der Waals surface area contributed by atoms with E-state index in [4.69, 9.17) is 0 Å². The number of hydrogen-bond acceptors (Lipinski definition) is 3. The molecule has 0 aromatic heterocycles. The fourth-order valence-corrected chi connectivity index (χ4v) is 4.63. The standard InChI is InChI=1S/C17H32N2O/c20-16-10-4-3-9-15(16)17(18-11-5-1-6-12-18)19-13-7-2-8-14-19/h15-17,20H,1-14H2. The Kier molecular flexibility index (Phi) is 5.36. The molecule has 2 saturated heterocycles. The van der Waals surface area contributed by atoms with Gasteiger partial charge in [-0.25, -0.2) is 0 Å². The summed E-state index contributed by atoms with van der Waals surface area (Å²) >= 11 is 0. The van der Waals surface area contributed by atoms with E-state index in [-0.39, 0.29) is 6.10 Å². The van der Waals surface area contributed by atoms with Gasteiger partial charge in [-0.15, -0.1) is 0 Å². The first-order chi connectivity index (χ1) is 9.86. The summed E-state index contributed by atoms with van der Waals surface area (Å²) in [5.74, 6) is 0.500. The van der Waals surface area contributed by atoms with Crippen molar-refractivity contribution in [3.05, 3.63) is 0 Å². The molecule has 0 radical (unpaired) electrons. The molecule has 2 heterocycles. The molecule has 0 aromatic rings. The molecule has 3 nitrogen and oxygen atoms in total. The molecule has 1 saturated carbocycles. The SMILES string of the molecule is OC1CCCCC1C(N1CCCCC1)N1CCCCC1. The number of likely N-dealkylation sites (tertiary alicyclic amines) is 2. The minimum absolute atomic E-state index is 0.0578. The summed E-state index contributed by atoms with van der Waals surface area (Å²) in [7, 11) is 0. The quantitative estimate of drug-likeness (QED) is 0.861. The van der Waals surface area contributed by atoms with Crippen molar-refractivity contribution in [1.82, 2.24) is 9.80 Å². The first kappa shape index (κ1) is 14.8. The maximum Gasteiger partial charge on any atom is 0.0676 e. The monoisotopic (exact) mass is 280 g/mol. The van der Waals surface area contributed by atoms with Gasteiger partial charge in [-0.3, -0.25) is 9.80 Å². The van der Waals surface area contributed by atoms with Crippen molar-refractivity contribution in [2.75, 3.05) is 26.2 Å². The van der Waals surface area contributed by atoms with Gasteiger partial charge in [-0.05, 0) is 64.7 Å². The largest absolute Gasteiger partial charge is 0.393 e. The Labute approximate surface area is 124 Å². The second-order valence-corrected chi connectivity index (χ2v) is 7.12. The van der Waals surface area contributed by atoms with E-state index in [0.717, 1.165) is 6.42 Å². The van der Waals surface area contributed by atoms with Crippen LogP contribution in [0.5, 0.6) is 0 Å². The van der Waals surface area contributed by atoms with Gasteiger partial charge in [0.1, 0.15) is 0 Å². The lowest BCUT2D eigenvalue weighted by atomic mass is 9.82. The van der Waals surface area contributed by atoms with Gasteiger partial charge in [0.05, 0.1) is 12.3 Å². The molecule has 3 aliphatic rings. The molecule has 116 valence electrons. The summed E-state index contributed by atoms with van der Waals surface area (Å²) in [6, 6.07) is 0. The van der Waals surface area contributed by atoms with E-state index in [1.807, 2.05) is 0 Å². The smallest absolute Gasteiger partial charge is 0.0676 e. The molecule has 3 rings (SSSR count). The highest BCUT2D eigenvalue weighted by molar-refractivity contribution is 4.89. The van der Waals surface area contributed by atoms with Crippen molar-refractivity contribution in [3.8, 4) is 0 Å². The van der Waals surface area contributed by atoms with Crippen LogP contribution in [0.25, 0.3) is 0 Å². The fraction of sp³-hybridized carbons (Fsp3) is 1.00. The summed E-state index contributed by atoms with van der Waals surface area (Å²) in [5, 5.41) is 10.5. The Bertz CT molecular complexity index is 267. The van der Waals surface area contributed by atoms with Gasteiger partial charge in [0.15, 0.2) is 0 Å². The number of aliphatic hydroxyl groups is 1. The molecule has 2 unspecified atom stereocenters. The second kappa shape index (κ2) is 7.24. The molecular formula is C17H32N2O. The maximum absolute atomic E-state index is 10.5. The van der Waals surface area contributed by atoms with Gasteiger partial charge >= 0.3 is 0 Å². The van der Waals surface area contributed by atoms with Crippen LogP contribution in [0.4, 0.5) is 0 Å². The highest BCUT2D eigenvalue weighted by Gasteiger charge is 2.38. The van der Waals surface area contributed by atoms with Crippen LogP contribution in [0, 0.1) is 5.92 Å². The lowest BCUT2D eigenvalue weighted by Gasteiger charge is -2.49. The number of piperidine rings is 2. The van der Waals surface area contributed by atoms with Gasteiger partial charge in [0, 0.05) is 5.92 Å². The predicted octanol–water partition coefficient (Wildman–Crippen LogP) is 2.84. The highest BCUT2D eigenvalue weighted by atomic mass is 16.3. The van der Waals surface area contributed by atoms with Gasteiger partial charge in [0.25, 0.3) is 0 Å². The first-order valence-corrected chi connectivity index (χ1v) is 9.02. The van der Waals surface area contributed by atoms with Crippen LogP contribution in [-0.4, -0.2) is 53.4 Å². The average molecular weight is 280 g/mol. The van der Waals surface area contributed by atoms with Crippen molar-refractivity contribution < 1.29 is 5.11 Å². The minimum Gasteiger partial charge on any atom is -0.393 e. The predicted molar refractivity (Wildman–Crippen MR) is 82.6 cm³/mol. The highest BCUT2D eigenvalue weighted by Crippen LogP contribution is 2.33. The molecule has 20 heavy (non-hydrogen) atoms. The minimum atomic E-state index is -0.0578. The number of hydrogen-bond donors (Lipinski definition) is 1. The third kappa shape index (κ3) is 3.37. The summed E-state index contributed by atoms with van der Waals surface area (Å²) in [5.41, 5.74) is 0. The van der Waals surface area contributed by atoms with Crippen molar-refractivity contribution in [1.29, 1.82) is 0 Å². The van der Waals surface area contributed by atoms with Crippen LogP contribution >= 0.6 is 0 Å². The van der Waals surface area contributed by atoms with Crippen molar-refractivity contribution in [2.45, 2.75) is 76.5 Å². The Balaban J connectivity index is 1.73. The fourth-order valence-electron chi connectivity index (χ4n) is 4.63. The molecular weight excluding hydrogens is 248 g/mol. The molecule has 3 heteroatoms. The Morgan fingerprint density at radius 3 is 1.65 bits per heavy atom. The van der Waals surface area contributed by atoms with Crippen molar-refractivity contribution in [2.24, 2.45) is 5.92 Å². The first-order valence-electron chi connectivity index (χ1n) is 9.02. The zero-order valence-electron chi connectivity index (χ0n) is 13.0. The Hall–Kier alpha value is -0.120. The molecule has 0 spiro atoms. The Morgan fingerprint density at radius 1 is 0.650 bits per heavy atom. The molecule has 3 fully saturated rings. The van der Waals surface area contributed by atoms with E-state index in [9.17, 15) is 5.11 Å². The van der Waals surface area contributed by atoms with E-state index >= 15 is 0 Å². The molecule has 0 amide bonds. The summed E-state index contributed by atoms with van der Waals surface area (Å²) in [4.78, 5) is 5.43. The van der Waals surface area contributed by atoms with Gasteiger partial charge in [-0.1, -0.05) is 25.7 Å². The van der Waals surface area contributed by atoms with Crippen LogP contribution in [-0.2, 0) is 0 Å². The molecule has 2 aliphatic heterocycles. The summed E-state index contributed by atoms with van der Waals surface area (Å²) in [6.07, 6.45) is 13.5. The average Bonchev–Trinajstić information content (AvgIpc) is 2.52. The van der Waals surface area contributed by atoms with E-state index in [1.54, 1.807) is 0 Å². The molecule has 0 bridgehead atoms. The van der Waals surface area contributed by atoms with E-state index in [0.29, 0.717) is 12.1 Å². The van der Waals surface area contributed by atoms with E-state index < -0.39 is 0 Å². The molecule has 2 atom stereocenters. The zero-order chi connectivity index (χ0) is 13.8. The van der Waals surface area contributed by atoms with Crippen LogP contribution in [0.2, 0.25) is 0 Å². The lowest BCUT2D eigenvalue weighted by molar-refractivity contribution is -0.0737. The van der Waals surface area contributed by atoms with E-state index in [2.05, 4.69) is 9.80 Å². The van der Waals surface area contributed by atoms with Gasteiger partial charge in [0.2, 0.25) is 0 Å². The maximum atomic E-state index is 10.5. The number of aliphatic hydroxyl groups excluding tert-OH is 1. The topological polar surface area (TPSA) is 26.7 Å².